The number of nitrogens with one attached hydrogen (secondary N) is 1. The summed E-state index contributed by atoms with van der Waals surface area (Å²) >= 11 is 0. The minimum atomic E-state index is -3.52. The van der Waals surface area contributed by atoms with Gasteiger partial charge in [-0.25, -0.2) is 8.42 Å². The molecule has 1 fully saturated rings. The van der Waals surface area contributed by atoms with Crippen LogP contribution < -0.4 is 10.1 Å². The Morgan fingerprint density at radius 3 is 2.47 bits per heavy atom. The molecule has 0 unspecified atom stereocenters. The zero-order valence-electron chi connectivity index (χ0n) is 20.1. The molecule has 1 aliphatic heterocycles. The number of rotatable bonds is 9. The third kappa shape index (κ3) is 5.98. The molecule has 2 aliphatic rings. The molecule has 1 saturated heterocycles. The first-order chi connectivity index (χ1) is 16.3. The number of hydrogen-bond acceptors (Lipinski definition) is 5. The number of likely N-dealkylation sites (N-methyl/N-ethyl adjacent to an activating group) is 1. The van der Waals surface area contributed by atoms with Crippen LogP contribution in [-0.4, -0.2) is 63.9 Å². The standard InChI is InChI=1S/C26H35N3O4S/c1-28(2)16-17-33-24-9-6-20(7-10-24)19-27-26(30)22-12-14-29(15-13-22)34(31,32)25-11-8-21-4-3-5-23(21)18-25/h6-11,18,22H,3-5,12-17,19H2,1-2H3,(H,27,30). The minimum Gasteiger partial charge on any atom is -0.492 e. The first-order valence-electron chi connectivity index (χ1n) is 12.1. The molecule has 184 valence electrons. The van der Waals surface area contributed by atoms with E-state index in [4.69, 9.17) is 4.74 Å². The fourth-order valence-electron chi connectivity index (χ4n) is 4.60. The van der Waals surface area contributed by atoms with Crippen molar-refractivity contribution in [1.29, 1.82) is 0 Å². The van der Waals surface area contributed by atoms with Crippen molar-refractivity contribution in [2.45, 2.75) is 43.5 Å². The molecule has 0 spiro atoms. The van der Waals surface area contributed by atoms with Gasteiger partial charge in [-0.2, -0.15) is 4.31 Å². The Bertz CT molecular complexity index is 1090. The highest BCUT2D eigenvalue weighted by Gasteiger charge is 2.32. The highest BCUT2D eigenvalue weighted by atomic mass is 32.2. The van der Waals surface area contributed by atoms with Crippen LogP contribution in [0.4, 0.5) is 0 Å². The van der Waals surface area contributed by atoms with E-state index in [0.29, 0.717) is 44.0 Å². The molecule has 1 amide bonds. The maximum absolute atomic E-state index is 13.1. The third-order valence-corrected chi connectivity index (χ3v) is 8.62. The fraction of sp³-hybridized carbons (Fsp3) is 0.500. The van der Waals surface area contributed by atoms with Gasteiger partial charge in [0.05, 0.1) is 4.90 Å². The van der Waals surface area contributed by atoms with Crippen LogP contribution in [0.2, 0.25) is 0 Å². The van der Waals surface area contributed by atoms with Gasteiger partial charge < -0.3 is 15.0 Å². The number of aryl methyl sites for hydroxylation is 2. The molecule has 34 heavy (non-hydrogen) atoms. The van der Waals surface area contributed by atoms with E-state index in [1.807, 2.05) is 50.5 Å². The quantitative estimate of drug-likeness (QED) is 0.591. The van der Waals surface area contributed by atoms with Gasteiger partial charge >= 0.3 is 0 Å². The first-order valence-corrected chi connectivity index (χ1v) is 13.5. The number of hydrogen-bond donors (Lipinski definition) is 1. The van der Waals surface area contributed by atoms with Gasteiger partial charge in [0.1, 0.15) is 12.4 Å². The van der Waals surface area contributed by atoms with Crippen LogP contribution in [0.25, 0.3) is 0 Å². The lowest BCUT2D eigenvalue weighted by Crippen LogP contribution is -2.42. The summed E-state index contributed by atoms with van der Waals surface area (Å²) in [6, 6.07) is 13.3. The van der Waals surface area contributed by atoms with Gasteiger partial charge in [0.15, 0.2) is 0 Å². The summed E-state index contributed by atoms with van der Waals surface area (Å²) in [6.45, 7) is 2.67. The zero-order chi connectivity index (χ0) is 24.1. The highest BCUT2D eigenvalue weighted by molar-refractivity contribution is 7.89. The van der Waals surface area contributed by atoms with Crippen LogP contribution in [-0.2, 0) is 34.2 Å². The Morgan fingerprint density at radius 1 is 1.06 bits per heavy atom. The fourth-order valence-corrected chi connectivity index (χ4v) is 6.12. The molecule has 1 aliphatic carbocycles. The number of piperidine rings is 1. The molecular weight excluding hydrogens is 450 g/mol. The van der Waals surface area contributed by atoms with Crippen LogP contribution in [0.3, 0.4) is 0 Å². The summed E-state index contributed by atoms with van der Waals surface area (Å²) in [4.78, 5) is 15.1. The second kappa shape index (κ2) is 10.9. The summed E-state index contributed by atoms with van der Waals surface area (Å²) in [5.41, 5.74) is 3.43. The summed E-state index contributed by atoms with van der Waals surface area (Å²) < 4.78 is 33.5. The van der Waals surface area contributed by atoms with Crippen LogP contribution in [0.5, 0.6) is 5.75 Å². The van der Waals surface area contributed by atoms with E-state index in [0.717, 1.165) is 42.7 Å². The molecule has 1 heterocycles. The molecule has 8 heteroatoms. The van der Waals surface area contributed by atoms with E-state index in [1.165, 1.54) is 9.87 Å². The molecule has 4 rings (SSSR count). The molecular formula is C26H35N3O4S. The number of fused-ring (bicyclic) bond motifs is 1. The van der Waals surface area contributed by atoms with Crippen molar-refractivity contribution in [1.82, 2.24) is 14.5 Å². The Morgan fingerprint density at radius 2 is 1.76 bits per heavy atom. The van der Waals surface area contributed by atoms with E-state index in [2.05, 4.69) is 10.2 Å². The van der Waals surface area contributed by atoms with Gasteiger partial charge in [0.25, 0.3) is 0 Å². The molecule has 1 N–H and O–H groups in total. The predicted molar refractivity (Wildman–Crippen MR) is 132 cm³/mol. The zero-order valence-corrected chi connectivity index (χ0v) is 20.9. The number of nitrogens with zero attached hydrogens (tertiary/aromatic N) is 2. The van der Waals surface area contributed by atoms with Crippen molar-refractivity contribution in [2.24, 2.45) is 5.92 Å². The van der Waals surface area contributed by atoms with Crippen molar-refractivity contribution in [3.8, 4) is 5.75 Å². The van der Waals surface area contributed by atoms with Gasteiger partial charge in [-0.1, -0.05) is 18.2 Å². The maximum Gasteiger partial charge on any atom is 0.243 e. The van der Waals surface area contributed by atoms with E-state index in [9.17, 15) is 13.2 Å². The lowest BCUT2D eigenvalue weighted by atomic mass is 9.97. The SMILES string of the molecule is CN(C)CCOc1ccc(CNC(=O)C2CCN(S(=O)(=O)c3ccc4c(c3)CCC4)CC2)cc1. The smallest absolute Gasteiger partial charge is 0.243 e. The molecule has 7 nitrogen and oxygen atoms in total. The average molecular weight is 486 g/mol. The summed E-state index contributed by atoms with van der Waals surface area (Å²) in [6.07, 6.45) is 4.15. The van der Waals surface area contributed by atoms with E-state index >= 15 is 0 Å². The number of carbonyl (C=O) groups excluding carboxylic acids is 1. The van der Waals surface area contributed by atoms with Crippen LogP contribution in [0.1, 0.15) is 36.0 Å². The molecule has 0 aromatic heterocycles. The van der Waals surface area contributed by atoms with Crippen LogP contribution in [0, 0.1) is 5.92 Å². The molecule has 2 aromatic carbocycles. The molecule has 0 atom stereocenters. The van der Waals surface area contributed by atoms with E-state index in [-0.39, 0.29) is 11.8 Å². The topological polar surface area (TPSA) is 79.0 Å². The van der Waals surface area contributed by atoms with Gasteiger partial charge in [0.2, 0.25) is 15.9 Å². The monoisotopic (exact) mass is 485 g/mol. The van der Waals surface area contributed by atoms with E-state index < -0.39 is 10.0 Å². The average Bonchev–Trinajstić information content (AvgIpc) is 3.31. The van der Waals surface area contributed by atoms with Crippen molar-refractivity contribution in [3.05, 3.63) is 59.2 Å². The van der Waals surface area contributed by atoms with Crippen molar-refractivity contribution >= 4 is 15.9 Å². The third-order valence-electron chi connectivity index (χ3n) is 6.73. The number of benzene rings is 2. The Labute approximate surface area is 203 Å². The Kier molecular flexibility index (Phi) is 7.91. The molecule has 0 bridgehead atoms. The summed E-state index contributed by atoms with van der Waals surface area (Å²) in [5.74, 6) is 0.634. The van der Waals surface area contributed by atoms with Crippen LogP contribution >= 0.6 is 0 Å². The van der Waals surface area contributed by atoms with Crippen LogP contribution in [0.15, 0.2) is 47.4 Å². The molecule has 2 aromatic rings. The van der Waals surface area contributed by atoms with Gasteiger partial charge in [-0.3, -0.25) is 4.79 Å². The Balaban J connectivity index is 1.24. The molecule has 0 saturated carbocycles. The lowest BCUT2D eigenvalue weighted by molar-refractivity contribution is -0.126. The number of amides is 1. The van der Waals surface area contributed by atoms with Gasteiger partial charge in [-0.05, 0) is 87.2 Å². The lowest BCUT2D eigenvalue weighted by Gasteiger charge is -2.30. The van der Waals surface area contributed by atoms with Gasteiger partial charge in [-0.15, -0.1) is 0 Å². The number of carbonyl (C=O) groups is 1. The Hall–Kier alpha value is -2.42. The second-order valence-corrected chi connectivity index (χ2v) is 11.4. The van der Waals surface area contributed by atoms with Crippen molar-refractivity contribution < 1.29 is 17.9 Å². The highest BCUT2D eigenvalue weighted by Crippen LogP contribution is 2.28. The first kappa shape index (κ1) is 24.7. The van der Waals surface area contributed by atoms with Gasteiger partial charge in [0, 0.05) is 32.1 Å². The summed E-state index contributed by atoms with van der Waals surface area (Å²) in [7, 11) is 0.495. The maximum atomic E-state index is 13.1. The van der Waals surface area contributed by atoms with E-state index in [1.54, 1.807) is 6.07 Å². The summed E-state index contributed by atoms with van der Waals surface area (Å²) in [5, 5.41) is 3.01. The number of sulfonamides is 1. The van der Waals surface area contributed by atoms with Crippen molar-refractivity contribution in [2.75, 3.05) is 40.3 Å². The van der Waals surface area contributed by atoms with Crippen molar-refractivity contribution in [3.63, 3.8) is 0 Å². The predicted octanol–water partition coefficient (Wildman–Crippen LogP) is 2.83. The largest absolute Gasteiger partial charge is 0.492 e. The normalized spacial score (nSPS) is 17.0. The number of ether oxygens (including phenoxy) is 1. The minimum absolute atomic E-state index is 0.0131. The molecule has 0 radical (unpaired) electrons. The second-order valence-electron chi connectivity index (χ2n) is 9.48.